The number of benzene rings is 1. The van der Waals surface area contributed by atoms with Gasteiger partial charge < -0.3 is 11.1 Å². The van der Waals surface area contributed by atoms with Crippen LogP contribution >= 0.6 is 0 Å². The molecule has 0 radical (unpaired) electrons. The fourth-order valence-corrected chi connectivity index (χ4v) is 2.28. The fourth-order valence-electron chi connectivity index (χ4n) is 2.28. The third-order valence-electron chi connectivity index (χ3n) is 3.65. The quantitative estimate of drug-likeness (QED) is 0.827. The maximum Gasteiger partial charge on any atom is 0.231 e. The normalized spacial score (nSPS) is 28.1. The van der Waals surface area contributed by atoms with Crippen LogP contribution in [0.25, 0.3) is 0 Å². The monoisotopic (exact) mass is 236 g/mol. The summed E-state index contributed by atoms with van der Waals surface area (Å²) in [4.78, 5) is 12.1. The molecule has 0 aromatic heterocycles. The lowest BCUT2D eigenvalue weighted by Gasteiger charge is -2.27. The molecule has 1 saturated carbocycles. The van der Waals surface area contributed by atoms with Gasteiger partial charge >= 0.3 is 0 Å². The average Bonchev–Trinajstić information content (AvgIpc) is 2.64. The van der Waals surface area contributed by atoms with Gasteiger partial charge in [0.05, 0.1) is 5.41 Å². The molecule has 0 heterocycles. The number of hydrogen-bond donors (Lipinski definition) is 2. The molecule has 0 bridgehead atoms. The summed E-state index contributed by atoms with van der Waals surface area (Å²) in [6.07, 6.45) is 2.67. The SMILES string of the molecule is CC1(C(=O)Nc2ccc(F)cc2)CCCC1N. The zero-order valence-corrected chi connectivity index (χ0v) is 9.87. The Hall–Kier alpha value is -1.42. The van der Waals surface area contributed by atoms with Crippen LogP contribution in [0.5, 0.6) is 0 Å². The Labute approximate surface area is 100 Å². The first-order valence-electron chi connectivity index (χ1n) is 5.85. The molecular weight excluding hydrogens is 219 g/mol. The van der Waals surface area contributed by atoms with Crippen LogP contribution < -0.4 is 11.1 Å². The molecule has 2 rings (SSSR count). The number of halogens is 1. The number of carbonyl (C=O) groups excluding carboxylic acids is 1. The van der Waals surface area contributed by atoms with Gasteiger partial charge in [0.15, 0.2) is 0 Å². The lowest BCUT2D eigenvalue weighted by molar-refractivity contribution is -0.125. The Bertz CT molecular complexity index is 418. The van der Waals surface area contributed by atoms with E-state index in [4.69, 9.17) is 5.73 Å². The predicted molar refractivity (Wildman–Crippen MR) is 65.0 cm³/mol. The first-order chi connectivity index (χ1) is 8.02. The molecule has 1 aromatic rings. The van der Waals surface area contributed by atoms with Gasteiger partial charge in [-0.25, -0.2) is 4.39 Å². The Morgan fingerprint density at radius 1 is 1.47 bits per heavy atom. The topological polar surface area (TPSA) is 55.1 Å². The largest absolute Gasteiger partial charge is 0.327 e. The summed E-state index contributed by atoms with van der Waals surface area (Å²) in [5.41, 5.74) is 6.07. The van der Waals surface area contributed by atoms with E-state index in [-0.39, 0.29) is 17.8 Å². The van der Waals surface area contributed by atoms with Gasteiger partial charge in [0.25, 0.3) is 0 Å². The molecule has 0 spiro atoms. The van der Waals surface area contributed by atoms with Crippen molar-refractivity contribution in [2.75, 3.05) is 5.32 Å². The fraction of sp³-hybridized carbons (Fsp3) is 0.462. The molecule has 3 N–H and O–H groups in total. The van der Waals surface area contributed by atoms with Gasteiger partial charge in [-0.3, -0.25) is 4.79 Å². The third kappa shape index (κ3) is 2.31. The highest BCUT2D eigenvalue weighted by Gasteiger charge is 2.42. The molecule has 0 aliphatic heterocycles. The van der Waals surface area contributed by atoms with E-state index < -0.39 is 5.41 Å². The van der Waals surface area contributed by atoms with Crippen LogP contribution in [0.1, 0.15) is 26.2 Å². The molecule has 2 unspecified atom stereocenters. The Balaban J connectivity index is 2.09. The lowest BCUT2D eigenvalue weighted by Crippen LogP contribution is -2.44. The molecule has 92 valence electrons. The van der Waals surface area contributed by atoms with Crippen molar-refractivity contribution < 1.29 is 9.18 Å². The number of carbonyl (C=O) groups is 1. The van der Waals surface area contributed by atoms with E-state index in [0.29, 0.717) is 5.69 Å². The summed E-state index contributed by atoms with van der Waals surface area (Å²) >= 11 is 0. The van der Waals surface area contributed by atoms with Gasteiger partial charge in [0.1, 0.15) is 5.82 Å². The van der Waals surface area contributed by atoms with E-state index in [1.807, 2.05) is 6.92 Å². The van der Waals surface area contributed by atoms with Gasteiger partial charge in [-0.1, -0.05) is 6.42 Å². The van der Waals surface area contributed by atoms with Crippen LogP contribution in [0.15, 0.2) is 24.3 Å². The standard InChI is InChI=1S/C13H17FN2O/c1-13(8-2-3-11(13)15)12(17)16-10-6-4-9(14)5-7-10/h4-7,11H,2-3,8,15H2,1H3,(H,16,17). The molecule has 1 aromatic carbocycles. The zero-order valence-electron chi connectivity index (χ0n) is 9.87. The van der Waals surface area contributed by atoms with Crippen LogP contribution in [0, 0.1) is 11.2 Å². The van der Waals surface area contributed by atoms with Crippen molar-refractivity contribution in [1.29, 1.82) is 0 Å². The number of rotatable bonds is 2. The summed E-state index contributed by atoms with van der Waals surface area (Å²) < 4.78 is 12.7. The van der Waals surface area contributed by atoms with Crippen LogP contribution in [-0.4, -0.2) is 11.9 Å². The van der Waals surface area contributed by atoms with Crippen molar-refractivity contribution in [3.63, 3.8) is 0 Å². The molecule has 1 aliphatic rings. The first-order valence-corrected chi connectivity index (χ1v) is 5.85. The maximum absolute atomic E-state index is 12.7. The minimum Gasteiger partial charge on any atom is -0.327 e. The van der Waals surface area contributed by atoms with E-state index in [2.05, 4.69) is 5.32 Å². The summed E-state index contributed by atoms with van der Waals surface area (Å²) in [5, 5.41) is 2.80. The molecule has 1 fully saturated rings. The van der Waals surface area contributed by atoms with Crippen molar-refractivity contribution in [1.82, 2.24) is 0 Å². The first kappa shape index (κ1) is 12.0. The summed E-state index contributed by atoms with van der Waals surface area (Å²) in [5.74, 6) is -0.388. The zero-order chi connectivity index (χ0) is 12.5. The summed E-state index contributed by atoms with van der Waals surface area (Å²) in [6, 6.07) is 5.66. The summed E-state index contributed by atoms with van der Waals surface area (Å²) in [7, 11) is 0. The van der Waals surface area contributed by atoms with Crippen LogP contribution in [0.2, 0.25) is 0 Å². The van der Waals surface area contributed by atoms with E-state index in [1.54, 1.807) is 12.1 Å². The molecule has 3 nitrogen and oxygen atoms in total. The van der Waals surface area contributed by atoms with E-state index >= 15 is 0 Å². The molecule has 1 aliphatic carbocycles. The molecule has 17 heavy (non-hydrogen) atoms. The maximum atomic E-state index is 12.7. The minimum atomic E-state index is -0.506. The number of amides is 1. The molecule has 4 heteroatoms. The molecule has 1 amide bonds. The highest BCUT2D eigenvalue weighted by molar-refractivity contribution is 5.95. The Kier molecular flexibility index (Phi) is 3.15. The second-order valence-corrected chi connectivity index (χ2v) is 4.88. The van der Waals surface area contributed by atoms with Crippen molar-refractivity contribution in [3.05, 3.63) is 30.1 Å². The number of anilines is 1. The highest BCUT2D eigenvalue weighted by atomic mass is 19.1. The Morgan fingerprint density at radius 2 is 2.12 bits per heavy atom. The van der Waals surface area contributed by atoms with E-state index in [9.17, 15) is 9.18 Å². The van der Waals surface area contributed by atoms with Crippen LogP contribution in [0.3, 0.4) is 0 Å². The minimum absolute atomic E-state index is 0.0749. The van der Waals surface area contributed by atoms with Crippen LogP contribution in [-0.2, 0) is 4.79 Å². The van der Waals surface area contributed by atoms with Crippen LogP contribution in [0.4, 0.5) is 10.1 Å². The second-order valence-electron chi connectivity index (χ2n) is 4.88. The number of nitrogens with two attached hydrogens (primary N) is 1. The molecule has 2 atom stereocenters. The van der Waals surface area contributed by atoms with Gasteiger partial charge in [-0.15, -0.1) is 0 Å². The number of hydrogen-bond acceptors (Lipinski definition) is 2. The Morgan fingerprint density at radius 3 is 2.65 bits per heavy atom. The summed E-state index contributed by atoms with van der Waals surface area (Å²) in [6.45, 7) is 1.89. The number of nitrogens with one attached hydrogen (secondary N) is 1. The van der Waals surface area contributed by atoms with Gasteiger partial charge in [-0.05, 0) is 44.0 Å². The van der Waals surface area contributed by atoms with Crippen molar-refractivity contribution in [2.24, 2.45) is 11.1 Å². The predicted octanol–water partition coefficient (Wildman–Crippen LogP) is 2.28. The van der Waals surface area contributed by atoms with Crippen molar-refractivity contribution >= 4 is 11.6 Å². The van der Waals surface area contributed by atoms with Gasteiger partial charge in [0.2, 0.25) is 5.91 Å². The van der Waals surface area contributed by atoms with Gasteiger partial charge in [-0.2, -0.15) is 0 Å². The van der Waals surface area contributed by atoms with Crippen molar-refractivity contribution in [3.8, 4) is 0 Å². The van der Waals surface area contributed by atoms with E-state index in [1.165, 1.54) is 12.1 Å². The smallest absolute Gasteiger partial charge is 0.231 e. The third-order valence-corrected chi connectivity index (χ3v) is 3.65. The highest BCUT2D eigenvalue weighted by Crippen LogP contribution is 2.37. The van der Waals surface area contributed by atoms with E-state index in [0.717, 1.165) is 19.3 Å². The molecule has 0 saturated heterocycles. The second kappa shape index (κ2) is 4.45. The molecular formula is C13H17FN2O. The lowest BCUT2D eigenvalue weighted by atomic mass is 9.84. The van der Waals surface area contributed by atoms with Crippen molar-refractivity contribution in [2.45, 2.75) is 32.2 Å². The average molecular weight is 236 g/mol. The van der Waals surface area contributed by atoms with Gasteiger partial charge in [0, 0.05) is 11.7 Å².